The minimum atomic E-state index is -3.69. The Balaban J connectivity index is 1.51. The number of anilines is 3. The average Bonchev–Trinajstić information content (AvgIpc) is 2.86. The van der Waals surface area contributed by atoms with Gasteiger partial charge in [0.25, 0.3) is 0 Å². The second-order valence-corrected chi connectivity index (χ2v) is 6.56. The molecule has 28 heavy (non-hydrogen) atoms. The highest BCUT2D eigenvalue weighted by molar-refractivity contribution is 6.05. The van der Waals surface area contributed by atoms with Crippen LogP contribution < -0.4 is 25.0 Å². The largest absolute Gasteiger partial charge is 0.586 e. The van der Waals surface area contributed by atoms with Crippen LogP contribution in [0, 0.1) is 0 Å². The van der Waals surface area contributed by atoms with E-state index in [4.69, 9.17) is 0 Å². The lowest BCUT2D eigenvalue weighted by Gasteiger charge is -2.28. The molecule has 7 nitrogen and oxygen atoms in total. The fraction of sp³-hybridized carbons (Fsp3) is 0.263. The molecule has 2 aliphatic heterocycles. The molecule has 1 unspecified atom stereocenters. The Bertz CT molecular complexity index is 951. The summed E-state index contributed by atoms with van der Waals surface area (Å²) in [4.78, 5) is 26.5. The van der Waals surface area contributed by atoms with Crippen LogP contribution in [-0.2, 0) is 9.59 Å². The number of fused-ring (bicyclic) bond motifs is 2. The van der Waals surface area contributed by atoms with Gasteiger partial charge in [0, 0.05) is 24.2 Å². The Kier molecular flexibility index (Phi) is 4.29. The first kappa shape index (κ1) is 18.0. The number of ether oxygens (including phenoxy) is 2. The number of para-hydroxylation sites is 2. The number of benzene rings is 2. The summed E-state index contributed by atoms with van der Waals surface area (Å²) in [6.45, 7) is 1.70. The topological polar surface area (TPSA) is 79.9 Å². The smallest absolute Gasteiger partial charge is 0.395 e. The number of amides is 2. The van der Waals surface area contributed by atoms with E-state index in [1.54, 1.807) is 36.1 Å². The van der Waals surface area contributed by atoms with Crippen molar-refractivity contribution >= 4 is 28.9 Å². The normalized spacial score (nSPS) is 19.5. The summed E-state index contributed by atoms with van der Waals surface area (Å²) in [6, 6.07) is 10.9. The van der Waals surface area contributed by atoms with Gasteiger partial charge in [-0.05, 0) is 31.2 Å². The molecule has 2 heterocycles. The highest BCUT2D eigenvalue weighted by atomic mass is 19.3. The lowest BCUT2D eigenvalue weighted by Crippen LogP contribution is -2.42. The molecule has 4 rings (SSSR count). The SMILES string of the molecule is CC1CC(=O)Nc2ccccc2N1C(=O)CNc1ccc2c(c1)OC(F)(F)O2. The molecule has 1 atom stereocenters. The fourth-order valence-corrected chi connectivity index (χ4v) is 3.29. The molecule has 0 saturated carbocycles. The van der Waals surface area contributed by atoms with E-state index in [-0.39, 0.29) is 42.3 Å². The molecule has 2 N–H and O–H groups in total. The van der Waals surface area contributed by atoms with Gasteiger partial charge in [0.2, 0.25) is 11.8 Å². The highest BCUT2D eigenvalue weighted by Crippen LogP contribution is 2.42. The molecular formula is C19H17F2N3O4. The van der Waals surface area contributed by atoms with Crippen LogP contribution in [0.1, 0.15) is 13.3 Å². The van der Waals surface area contributed by atoms with Gasteiger partial charge in [-0.3, -0.25) is 9.59 Å². The number of nitrogens with one attached hydrogen (secondary N) is 2. The third-order valence-electron chi connectivity index (χ3n) is 4.47. The van der Waals surface area contributed by atoms with Gasteiger partial charge in [-0.1, -0.05) is 12.1 Å². The Morgan fingerprint density at radius 2 is 2.00 bits per heavy atom. The minimum absolute atomic E-state index is 0.0680. The molecule has 2 aliphatic rings. The zero-order chi connectivity index (χ0) is 19.9. The zero-order valence-electron chi connectivity index (χ0n) is 14.9. The van der Waals surface area contributed by atoms with E-state index in [0.717, 1.165) is 0 Å². The van der Waals surface area contributed by atoms with E-state index in [9.17, 15) is 18.4 Å². The van der Waals surface area contributed by atoms with E-state index in [1.165, 1.54) is 18.2 Å². The quantitative estimate of drug-likeness (QED) is 0.843. The first-order chi connectivity index (χ1) is 13.3. The number of hydrogen-bond acceptors (Lipinski definition) is 5. The standard InChI is InChI=1S/C19H17F2N3O4/c1-11-8-17(25)23-13-4-2-3-5-14(13)24(11)18(26)10-22-12-6-7-15-16(9-12)28-19(20,21)27-15/h2-7,9,11,22H,8,10H2,1H3,(H,23,25). The molecule has 9 heteroatoms. The van der Waals surface area contributed by atoms with Crippen LogP contribution in [0.3, 0.4) is 0 Å². The second-order valence-electron chi connectivity index (χ2n) is 6.56. The zero-order valence-corrected chi connectivity index (χ0v) is 14.9. The summed E-state index contributed by atoms with van der Waals surface area (Å²) in [6.07, 6.45) is -3.53. The number of nitrogens with zero attached hydrogens (tertiary/aromatic N) is 1. The first-order valence-corrected chi connectivity index (χ1v) is 8.67. The highest BCUT2D eigenvalue weighted by Gasteiger charge is 2.43. The minimum Gasteiger partial charge on any atom is -0.395 e. The predicted molar refractivity (Wildman–Crippen MR) is 97.8 cm³/mol. The number of halogens is 2. The summed E-state index contributed by atoms with van der Waals surface area (Å²) in [7, 11) is 0. The number of rotatable bonds is 3. The Labute approximate surface area is 159 Å². The Morgan fingerprint density at radius 3 is 2.82 bits per heavy atom. The van der Waals surface area contributed by atoms with Crippen LogP contribution in [0.5, 0.6) is 11.5 Å². The average molecular weight is 389 g/mol. The van der Waals surface area contributed by atoms with Crippen LogP contribution in [0.2, 0.25) is 0 Å². The fourth-order valence-electron chi connectivity index (χ4n) is 3.29. The maximum atomic E-state index is 13.1. The van der Waals surface area contributed by atoms with Crippen molar-refractivity contribution in [3.63, 3.8) is 0 Å². The molecular weight excluding hydrogens is 372 g/mol. The first-order valence-electron chi connectivity index (χ1n) is 8.67. The Morgan fingerprint density at radius 1 is 1.25 bits per heavy atom. The van der Waals surface area contributed by atoms with Crippen molar-refractivity contribution < 1.29 is 27.8 Å². The van der Waals surface area contributed by atoms with Gasteiger partial charge < -0.3 is 25.0 Å². The maximum Gasteiger partial charge on any atom is 0.586 e. The molecule has 0 radical (unpaired) electrons. The van der Waals surface area contributed by atoms with E-state index in [1.807, 2.05) is 0 Å². The van der Waals surface area contributed by atoms with Crippen molar-refractivity contribution in [2.24, 2.45) is 0 Å². The Hall–Kier alpha value is -3.36. The third-order valence-corrected chi connectivity index (χ3v) is 4.47. The van der Waals surface area contributed by atoms with Crippen molar-refractivity contribution in [3.05, 3.63) is 42.5 Å². The molecule has 146 valence electrons. The number of hydrogen-bond donors (Lipinski definition) is 2. The molecule has 0 aromatic heterocycles. The third kappa shape index (κ3) is 3.42. The molecule has 0 saturated heterocycles. The lowest BCUT2D eigenvalue weighted by molar-refractivity contribution is -0.286. The molecule has 2 amide bonds. The van der Waals surface area contributed by atoms with E-state index in [2.05, 4.69) is 20.1 Å². The van der Waals surface area contributed by atoms with Crippen LogP contribution in [-0.4, -0.2) is 30.7 Å². The van der Waals surface area contributed by atoms with Crippen LogP contribution in [0.15, 0.2) is 42.5 Å². The van der Waals surface area contributed by atoms with Crippen molar-refractivity contribution in [2.45, 2.75) is 25.7 Å². The van der Waals surface area contributed by atoms with Gasteiger partial charge in [-0.2, -0.15) is 0 Å². The predicted octanol–water partition coefficient (Wildman–Crippen LogP) is 3.18. The van der Waals surface area contributed by atoms with Crippen LogP contribution in [0.25, 0.3) is 0 Å². The van der Waals surface area contributed by atoms with E-state index in [0.29, 0.717) is 17.1 Å². The summed E-state index contributed by atoms with van der Waals surface area (Å²) < 4.78 is 35.0. The number of alkyl halides is 2. The van der Waals surface area contributed by atoms with Crippen LogP contribution in [0.4, 0.5) is 25.8 Å². The maximum absolute atomic E-state index is 13.1. The molecule has 2 aromatic rings. The number of carbonyl (C=O) groups is 2. The van der Waals surface area contributed by atoms with E-state index >= 15 is 0 Å². The second kappa shape index (κ2) is 6.66. The molecule has 0 fully saturated rings. The van der Waals surface area contributed by atoms with E-state index < -0.39 is 6.29 Å². The van der Waals surface area contributed by atoms with Gasteiger partial charge >= 0.3 is 6.29 Å². The van der Waals surface area contributed by atoms with Gasteiger partial charge in [0.05, 0.1) is 17.9 Å². The van der Waals surface area contributed by atoms with Gasteiger partial charge in [-0.15, -0.1) is 8.78 Å². The molecule has 2 aromatic carbocycles. The van der Waals surface area contributed by atoms with Gasteiger partial charge in [0.1, 0.15) is 0 Å². The van der Waals surface area contributed by atoms with Crippen molar-refractivity contribution in [2.75, 3.05) is 22.1 Å². The summed E-state index contributed by atoms with van der Waals surface area (Å²) >= 11 is 0. The van der Waals surface area contributed by atoms with Gasteiger partial charge in [0.15, 0.2) is 11.5 Å². The molecule has 0 bridgehead atoms. The number of carbonyl (C=O) groups excluding carboxylic acids is 2. The van der Waals surface area contributed by atoms with Crippen molar-refractivity contribution in [1.29, 1.82) is 0 Å². The summed E-state index contributed by atoms with van der Waals surface area (Å²) in [5.74, 6) is -0.605. The summed E-state index contributed by atoms with van der Waals surface area (Å²) in [5, 5.41) is 5.70. The van der Waals surface area contributed by atoms with Gasteiger partial charge in [-0.25, -0.2) is 0 Å². The lowest BCUT2D eigenvalue weighted by atomic mass is 10.1. The summed E-state index contributed by atoms with van der Waals surface area (Å²) in [5.41, 5.74) is 1.60. The molecule has 0 spiro atoms. The van der Waals surface area contributed by atoms with Crippen LogP contribution >= 0.6 is 0 Å². The van der Waals surface area contributed by atoms with Crippen molar-refractivity contribution in [1.82, 2.24) is 0 Å². The molecule has 0 aliphatic carbocycles. The van der Waals surface area contributed by atoms with Crippen molar-refractivity contribution in [3.8, 4) is 11.5 Å². The monoisotopic (exact) mass is 389 g/mol.